The summed E-state index contributed by atoms with van der Waals surface area (Å²) in [7, 11) is 5.25. The number of methoxy groups -OCH3 is 2. The lowest BCUT2D eigenvalue weighted by molar-refractivity contribution is 0.379. The quantitative estimate of drug-likeness (QED) is 0.906. The van der Waals surface area contributed by atoms with Crippen molar-refractivity contribution < 1.29 is 9.47 Å². The van der Waals surface area contributed by atoms with Crippen LogP contribution in [0.4, 0.5) is 0 Å². The second-order valence-electron chi connectivity index (χ2n) is 4.81. The zero-order valence-corrected chi connectivity index (χ0v) is 13.5. The van der Waals surface area contributed by atoms with Crippen LogP contribution in [0.25, 0.3) is 0 Å². The molecule has 3 nitrogen and oxygen atoms in total. The summed E-state index contributed by atoms with van der Waals surface area (Å²) in [6.07, 6.45) is 0. The smallest absolute Gasteiger partial charge is 0.127 e. The van der Waals surface area contributed by atoms with Gasteiger partial charge in [0.25, 0.3) is 0 Å². The maximum absolute atomic E-state index is 6.12. The van der Waals surface area contributed by atoms with E-state index in [-0.39, 0.29) is 6.04 Å². The second kappa shape index (κ2) is 6.83. The maximum Gasteiger partial charge on any atom is 0.127 e. The summed E-state index contributed by atoms with van der Waals surface area (Å²) in [6, 6.07) is 11.8. The Bertz CT molecular complexity index is 606. The highest BCUT2D eigenvalue weighted by Crippen LogP contribution is 2.37. The molecule has 2 rings (SSSR count). The summed E-state index contributed by atoms with van der Waals surface area (Å²) in [5, 5.41) is 4.09. The molecule has 1 unspecified atom stereocenters. The van der Waals surface area contributed by atoms with Crippen molar-refractivity contribution in [1.82, 2.24) is 5.32 Å². The normalized spacial score (nSPS) is 12.0. The molecule has 0 aliphatic heterocycles. The molecule has 1 atom stereocenters. The number of nitrogens with one attached hydrogen (secondary N) is 1. The molecule has 0 aliphatic rings. The van der Waals surface area contributed by atoms with Gasteiger partial charge in [-0.1, -0.05) is 29.8 Å². The summed E-state index contributed by atoms with van der Waals surface area (Å²) in [5.41, 5.74) is 3.14. The van der Waals surface area contributed by atoms with Crippen LogP contribution in [0.3, 0.4) is 0 Å². The van der Waals surface area contributed by atoms with Gasteiger partial charge in [0.05, 0.1) is 25.8 Å². The molecule has 2 aromatic carbocycles. The highest BCUT2D eigenvalue weighted by molar-refractivity contribution is 6.31. The number of halogens is 1. The van der Waals surface area contributed by atoms with E-state index in [2.05, 4.69) is 11.4 Å². The van der Waals surface area contributed by atoms with E-state index in [1.165, 1.54) is 0 Å². The topological polar surface area (TPSA) is 30.5 Å². The molecule has 4 heteroatoms. The van der Waals surface area contributed by atoms with Crippen LogP contribution in [0, 0.1) is 6.92 Å². The van der Waals surface area contributed by atoms with Crippen LogP contribution in [-0.2, 0) is 0 Å². The Hall–Kier alpha value is -1.71. The van der Waals surface area contributed by atoms with E-state index in [0.717, 1.165) is 33.2 Å². The third-order valence-corrected chi connectivity index (χ3v) is 3.98. The molecule has 0 aliphatic carbocycles. The molecule has 0 amide bonds. The lowest BCUT2D eigenvalue weighted by Gasteiger charge is -2.22. The third-order valence-electron chi connectivity index (χ3n) is 3.56. The Morgan fingerprint density at radius 3 is 2.14 bits per heavy atom. The molecule has 0 bridgehead atoms. The first-order valence-electron chi connectivity index (χ1n) is 6.76. The molecule has 0 saturated heterocycles. The molecule has 0 saturated carbocycles. The molecule has 0 heterocycles. The molecule has 21 heavy (non-hydrogen) atoms. The zero-order valence-electron chi connectivity index (χ0n) is 12.7. The Balaban J connectivity index is 2.57. The number of rotatable bonds is 5. The summed E-state index contributed by atoms with van der Waals surface area (Å²) < 4.78 is 11.0. The van der Waals surface area contributed by atoms with E-state index in [1.54, 1.807) is 14.2 Å². The van der Waals surface area contributed by atoms with Crippen LogP contribution < -0.4 is 14.8 Å². The number of aryl methyl sites for hydroxylation is 1. The Morgan fingerprint density at radius 2 is 1.67 bits per heavy atom. The van der Waals surface area contributed by atoms with Gasteiger partial charge in [0.1, 0.15) is 11.5 Å². The van der Waals surface area contributed by atoms with E-state index < -0.39 is 0 Å². The van der Waals surface area contributed by atoms with Crippen LogP contribution in [0.5, 0.6) is 11.5 Å². The van der Waals surface area contributed by atoms with Crippen LogP contribution in [0.1, 0.15) is 22.7 Å². The van der Waals surface area contributed by atoms with Crippen molar-refractivity contribution >= 4 is 11.6 Å². The van der Waals surface area contributed by atoms with Crippen molar-refractivity contribution in [1.29, 1.82) is 0 Å². The summed E-state index contributed by atoms with van der Waals surface area (Å²) >= 11 is 6.12. The standard InChI is InChI=1S/C17H20ClNO2/c1-11-10-12(8-9-13(11)18)17(19-2)16-14(20-3)6-5-7-15(16)21-4/h5-10,17,19H,1-4H3. The monoisotopic (exact) mass is 305 g/mol. The lowest BCUT2D eigenvalue weighted by Crippen LogP contribution is -2.19. The SMILES string of the molecule is CNC(c1ccc(Cl)c(C)c1)c1c(OC)cccc1OC. The molecule has 112 valence electrons. The molecular formula is C17H20ClNO2. The predicted octanol–water partition coefficient (Wildman–Crippen LogP) is 3.97. The average Bonchev–Trinajstić information content (AvgIpc) is 2.51. The molecular weight excluding hydrogens is 286 g/mol. The number of ether oxygens (including phenoxy) is 2. The van der Waals surface area contributed by atoms with Gasteiger partial charge in [-0.3, -0.25) is 0 Å². The fourth-order valence-corrected chi connectivity index (χ4v) is 2.61. The predicted molar refractivity (Wildman–Crippen MR) is 86.6 cm³/mol. The van der Waals surface area contributed by atoms with Crippen LogP contribution in [-0.4, -0.2) is 21.3 Å². The highest BCUT2D eigenvalue weighted by Gasteiger charge is 2.21. The highest BCUT2D eigenvalue weighted by atomic mass is 35.5. The fourth-order valence-electron chi connectivity index (χ4n) is 2.49. The van der Waals surface area contributed by atoms with E-state index in [4.69, 9.17) is 21.1 Å². The van der Waals surface area contributed by atoms with Gasteiger partial charge in [-0.25, -0.2) is 0 Å². The van der Waals surface area contributed by atoms with Gasteiger partial charge in [0.15, 0.2) is 0 Å². The Kier molecular flexibility index (Phi) is 5.10. The van der Waals surface area contributed by atoms with Crippen molar-refractivity contribution in [3.63, 3.8) is 0 Å². The van der Waals surface area contributed by atoms with Crippen LogP contribution >= 0.6 is 11.6 Å². The summed E-state index contributed by atoms with van der Waals surface area (Å²) in [5.74, 6) is 1.59. The lowest BCUT2D eigenvalue weighted by atomic mass is 9.96. The van der Waals surface area contributed by atoms with Gasteiger partial charge in [-0.2, -0.15) is 0 Å². The second-order valence-corrected chi connectivity index (χ2v) is 5.21. The number of hydrogen-bond donors (Lipinski definition) is 1. The van der Waals surface area contributed by atoms with Gasteiger partial charge in [0.2, 0.25) is 0 Å². The van der Waals surface area contributed by atoms with Crippen molar-refractivity contribution in [3.8, 4) is 11.5 Å². The molecule has 0 spiro atoms. The first-order chi connectivity index (χ1) is 10.1. The largest absolute Gasteiger partial charge is 0.496 e. The van der Waals surface area contributed by atoms with Crippen molar-refractivity contribution in [2.75, 3.05) is 21.3 Å². The Morgan fingerprint density at radius 1 is 1.05 bits per heavy atom. The third kappa shape index (κ3) is 3.14. The minimum Gasteiger partial charge on any atom is -0.496 e. The first-order valence-corrected chi connectivity index (χ1v) is 7.14. The number of hydrogen-bond acceptors (Lipinski definition) is 3. The van der Waals surface area contributed by atoms with Gasteiger partial charge < -0.3 is 14.8 Å². The van der Waals surface area contributed by atoms with E-state index >= 15 is 0 Å². The molecule has 0 fully saturated rings. The van der Waals surface area contributed by atoms with Crippen molar-refractivity contribution in [3.05, 3.63) is 58.1 Å². The van der Waals surface area contributed by atoms with Gasteiger partial charge in [-0.15, -0.1) is 0 Å². The fraction of sp³-hybridized carbons (Fsp3) is 0.294. The maximum atomic E-state index is 6.12. The molecule has 0 radical (unpaired) electrons. The zero-order chi connectivity index (χ0) is 15.4. The molecule has 0 aromatic heterocycles. The van der Waals surface area contributed by atoms with Crippen molar-refractivity contribution in [2.45, 2.75) is 13.0 Å². The summed E-state index contributed by atoms with van der Waals surface area (Å²) in [4.78, 5) is 0. The van der Waals surface area contributed by atoms with E-state index in [0.29, 0.717) is 0 Å². The van der Waals surface area contributed by atoms with E-state index in [9.17, 15) is 0 Å². The summed E-state index contributed by atoms with van der Waals surface area (Å²) in [6.45, 7) is 2.00. The minimum absolute atomic E-state index is 0.0351. The number of benzene rings is 2. The van der Waals surface area contributed by atoms with Crippen LogP contribution in [0.2, 0.25) is 5.02 Å². The van der Waals surface area contributed by atoms with Gasteiger partial charge in [-0.05, 0) is 43.3 Å². The Labute approximate surface area is 130 Å². The molecule has 2 aromatic rings. The van der Waals surface area contributed by atoms with E-state index in [1.807, 2.05) is 44.3 Å². The van der Waals surface area contributed by atoms with Gasteiger partial charge >= 0.3 is 0 Å². The van der Waals surface area contributed by atoms with Gasteiger partial charge in [0, 0.05) is 5.02 Å². The average molecular weight is 306 g/mol. The first kappa shape index (κ1) is 15.7. The van der Waals surface area contributed by atoms with Crippen molar-refractivity contribution in [2.24, 2.45) is 0 Å². The minimum atomic E-state index is -0.0351. The molecule has 1 N–H and O–H groups in total. The van der Waals surface area contributed by atoms with Crippen LogP contribution in [0.15, 0.2) is 36.4 Å².